The average Bonchev–Trinajstić information content (AvgIpc) is 4.26. The highest BCUT2D eigenvalue weighted by Gasteiger charge is 2.23. The van der Waals surface area contributed by atoms with Gasteiger partial charge in [-0.3, -0.25) is 0 Å². The van der Waals surface area contributed by atoms with E-state index in [4.69, 9.17) is 18.8 Å². The Hall–Kier alpha value is -3.64. The molecule has 0 radical (unpaired) electrons. The van der Waals surface area contributed by atoms with Crippen molar-refractivity contribution in [3.05, 3.63) is 93.7 Å². The Kier molecular flexibility index (Phi) is 21.3. The molecule has 1 aromatic carbocycles. The summed E-state index contributed by atoms with van der Waals surface area (Å²) in [5.41, 5.74) is 8.97. The molecule has 0 aliphatic rings. The molecule has 0 aliphatic carbocycles. The number of unbranched alkanes of at least 4 members (excludes halogenated alkanes) is 20. The van der Waals surface area contributed by atoms with Crippen LogP contribution in [0.15, 0.2) is 80.3 Å². The Balaban J connectivity index is 0.945. The van der Waals surface area contributed by atoms with Crippen LogP contribution in [0.5, 0.6) is 0 Å². The first-order valence-corrected chi connectivity index (χ1v) is 33.9. The summed E-state index contributed by atoms with van der Waals surface area (Å²) in [4.78, 5) is 23.6. The van der Waals surface area contributed by atoms with Gasteiger partial charge in [-0.05, 0) is 133 Å². The molecular weight excluding hydrogens is 1020 g/mol. The van der Waals surface area contributed by atoms with E-state index in [2.05, 4.69) is 87.0 Å². The predicted octanol–water partition coefficient (Wildman–Crippen LogP) is 24.0. The molecule has 0 spiro atoms. The number of aryl methyl sites for hydroxylation is 4. The molecule has 0 saturated heterocycles. The second kappa shape index (κ2) is 28.7. The minimum atomic E-state index is 0.680. The first kappa shape index (κ1) is 55.1. The topological polar surface area (TPSA) is 52.1 Å². The standard InChI is InChI=1S/C64H80N2O2S6/c1-5-9-13-17-21-25-29-45-37-39-69-59(45)53-33-35-55(71-53)61-47(31-27-23-19-15-11-7-3)41-57(73-61)63-65-49-43-52-50(44-51(49)67-63)66-64(68-52)58-42-48(32-28-24-20-16-12-8-4)62(74-58)56-36-34-54(72-56)60-46(38-40-70-60)30-26-22-18-14-10-6-2/h33-44H,5-32H2,1-4H3. The van der Waals surface area contributed by atoms with Gasteiger partial charge in [-0.15, -0.1) is 68.0 Å². The van der Waals surface area contributed by atoms with Crippen molar-refractivity contribution >= 4 is 90.2 Å². The third-order valence-corrected chi connectivity index (χ3v) is 21.9. The minimum Gasteiger partial charge on any atom is -0.435 e. The van der Waals surface area contributed by atoms with E-state index in [0.717, 1.165) is 44.8 Å². The normalized spacial score (nSPS) is 11.9. The number of oxazole rings is 2. The Bertz CT molecular complexity index is 2820. The molecule has 9 aromatic rings. The van der Waals surface area contributed by atoms with Crippen molar-refractivity contribution in [2.45, 2.75) is 207 Å². The summed E-state index contributed by atoms with van der Waals surface area (Å²) in [6, 6.07) is 23.0. The van der Waals surface area contributed by atoms with Crippen LogP contribution in [-0.4, -0.2) is 9.97 Å². The van der Waals surface area contributed by atoms with Crippen LogP contribution in [-0.2, 0) is 25.7 Å². The van der Waals surface area contributed by atoms with Crippen LogP contribution >= 0.6 is 68.0 Å². The average molecular weight is 1100 g/mol. The Morgan fingerprint density at radius 3 is 1.01 bits per heavy atom. The number of benzene rings is 1. The van der Waals surface area contributed by atoms with Crippen molar-refractivity contribution in [1.82, 2.24) is 9.97 Å². The summed E-state index contributed by atoms with van der Waals surface area (Å²) < 4.78 is 13.3. The Morgan fingerprint density at radius 2 is 0.649 bits per heavy atom. The lowest BCUT2D eigenvalue weighted by Crippen LogP contribution is -1.86. The maximum Gasteiger partial charge on any atom is 0.237 e. The fourth-order valence-electron chi connectivity index (χ4n) is 10.5. The molecular formula is C64H80N2O2S6. The van der Waals surface area contributed by atoms with E-state index in [1.54, 1.807) is 0 Å². The Morgan fingerprint density at radius 1 is 0.324 bits per heavy atom. The van der Waals surface area contributed by atoms with Gasteiger partial charge in [0.25, 0.3) is 0 Å². The summed E-state index contributed by atoms with van der Waals surface area (Å²) in [5, 5.41) is 4.58. The molecule has 9 rings (SSSR count). The quantitative estimate of drug-likeness (QED) is 0.0377. The summed E-state index contributed by atoms with van der Waals surface area (Å²) in [6.45, 7) is 9.19. The third-order valence-electron chi connectivity index (χ3n) is 14.7. The smallest absolute Gasteiger partial charge is 0.237 e. The van der Waals surface area contributed by atoms with Crippen LogP contribution in [0.4, 0.5) is 0 Å². The van der Waals surface area contributed by atoms with Crippen molar-refractivity contribution in [2.75, 3.05) is 0 Å². The fraction of sp³-hybridized carbons (Fsp3) is 0.500. The lowest BCUT2D eigenvalue weighted by atomic mass is 10.0. The number of aromatic nitrogens is 2. The molecule has 0 saturated carbocycles. The van der Waals surface area contributed by atoms with E-state index in [1.807, 2.05) is 80.2 Å². The van der Waals surface area contributed by atoms with E-state index < -0.39 is 0 Å². The van der Waals surface area contributed by atoms with E-state index in [1.165, 1.54) is 228 Å². The zero-order valence-corrected chi connectivity index (χ0v) is 49.8. The highest BCUT2D eigenvalue weighted by Crippen LogP contribution is 2.48. The van der Waals surface area contributed by atoms with Gasteiger partial charge in [0.15, 0.2) is 11.2 Å². The molecule has 0 fully saturated rings. The second-order valence-electron chi connectivity index (χ2n) is 20.7. The molecule has 0 bridgehead atoms. The highest BCUT2D eigenvalue weighted by molar-refractivity contribution is 7.28. The fourth-order valence-corrected chi connectivity index (χ4v) is 17.3. The van der Waals surface area contributed by atoms with Crippen molar-refractivity contribution in [2.24, 2.45) is 0 Å². The van der Waals surface area contributed by atoms with Gasteiger partial charge in [-0.25, -0.2) is 9.97 Å². The van der Waals surface area contributed by atoms with Crippen LogP contribution in [0.25, 0.3) is 82.8 Å². The zero-order valence-electron chi connectivity index (χ0n) is 44.9. The van der Waals surface area contributed by atoms with Crippen molar-refractivity contribution in [1.29, 1.82) is 0 Å². The minimum absolute atomic E-state index is 0.680. The summed E-state index contributed by atoms with van der Waals surface area (Å²) in [5.74, 6) is 1.36. The number of fused-ring (bicyclic) bond motifs is 2. The molecule has 10 heteroatoms. The number of rotatable bonds is 34. The Labute approximate surface area is 467 Å². The van der Waals surface area contributed by atoms with Crippen LogP contribution in [0.2, 0.25) is 0 Å². The zero-order chi connectivity index (χ0) is 50.9. The number of hydrogen-bond acceptors (Lipinski definition) is 10. The molecule has 394 valence electrons. The van der Waals surface area contributed by atoms with Gasteiger partial charge in [0.1, 0.15) is 11.0 Å². The summed E-state index contributed by atoms with van der Waals surface area (Å²) >= 11 is 11.4. The summed E-state index contributed by atoms with van der Waals surface area (Å²) in [7, 11) is 0. The van der Waals surface area contributed by atoms with Gasteiger partial charge >= 0.3 is 0 Å². The van der Waals surface area contributed by atoms with Gasteiger partial charge in [0.2, 0.25) is 11.8 Å². The van der Waals surface area contributed by atoms with Crippen molar-refractivity contribution < 1.29 is 8.83 Å². The van der Waals surface area contributed by atoms with Gasteiger partial charge in [-0.2, -0.15) is 0 Å². The molecule has 74 heavy (non-hydrogen) atoms. The SMILES string of the molecule is CCCCCCCCc1ccsc1-c1ccc(-c2sc(-c3nc4cc5oc(-c6cc(CCCCCCCC)c(-c7ccc(-c8sccc8CCCCCCCC)s7)s6)nc5cc4o3)cc2CCCCCCCC)s1. The first-order valence-electron chi connectivity index (χ1n) is 28.8. The molecule has 8 heterocycles. The van der Waals surface area contributed by atoms with Gasteiger partial charge in [0, 0.05) is 51.1 Å². The van der Waals surface area contributed by atoms with Gasteiger partial charge < -0.3 is 8.83 Å². The van der Waals surface area contributed by atoms with Crippen molar-refractivity contribution in [3.8, 4) is 60.6 Å². The number of hydrogen-bond donors (Lipinski definition) is 0. The second-order valence-corrected chi connectivity index (χ2v) is 26.8. The predicted molar refractivity (Wildman–Crippen MR) is 330 cm³/mol. The van der Waals surface area contributed by atoms with Crippen LogP contribution in [0, 0.1) is 0 Å². The van der Waals surface area contributed by atoms with E-state index in [-0.39, 0.29) is 0 Å². The van der Waals surface area contributed by atoms with Crippen LogP contribution in [0.1, 0.15) is 204 Å². The lowest BCUT2D eigenvalue weighted by Gasteiger charge is -2.04. The molecule has 0 aliphatic heterocycles. The maximum absolute atomic E-state index is 6.67. The van der Waals surface area contributed by atoms with E-state index in [9.17, 15) is 0 Å². The van der Waals surface area contributed by atoms with E-state index >= 15 is 0 Å². The largest absolute Gasteiger partial charge is 0.435 e. The molecule has 0 unspecified atom stereocenters. The summed E-state index contributed by atoms with van der Waals surface area (Å²) in [6.07, 6.45) is 35.9. The van der Waals surface area contributed by atoms with Crippen LogP contribution < -0.4 is 0 Å². The monoisotopic (exact) mass is 1100 g/mol. The van der Waals surface area contributed by atoms with Crippen LogP contribution in [0.3, 0.4) is 0 Å². The molecule has 0 atom stereocenters. The highest BCUT2D eigenvalue weighted by atomic mass is 32.1. The lowest BCUT2D eigenvalue weighted by molar-refractivity contribution is 0.607. The molecule has 0 amide bonds. The molecule has 4 nitrogen and oxygen atoms in total. The van der Waals surface area contributed by atoms with E-state index in [0.29, 0.717) is 11.8 Å². The number of nitrogens with zero attached hydrogens (tertiary/aromatic N) is 2. The first-order chi connectivity index (χ1) is 36.5. The molecule has 8 aromatic heterocycles. The van der Waals surface area contributed by atoms with Gasteiger partial charge in [-0.1, -0.05) is 156 Å². The maximum atomic E-state index is 6.67. The third kappa shape index (κ3) is 14.5. The van der Waals surface area contributed by atoms with Crippen molar-refractivity contribution in [3.63, 3.8) is 0 Å². The number of thiophene rings is 6. The van der Waals surface area contributed by atoms with Gasteiger partial charge in [0.05, 0.1) is 9.75 Å². The molecule has 0 N–H and O–H groups in total.